The third-order valence-electron chi connectivity index (χ3n) is 3.60. The van der Waals surface area contributed by atoms with E-state index in [2.05, 4.69) is 41.9 Å². The van der Waals surface area contributed by atoms with Gasteiger partial charge in [-0.15, -0.1) is 0 Å². The van der Waals surface area contributed by atoms with Gasteiger partial charge in [0.05, 0.1) is 0 Å². The van der Waals surface area contributed by atoms with Crippen LogP contribution >= 0.6 is 15.9 Å². The molecule has 0 radical (unpaired) electrons. The van der Waals surface area contributed by atoms with Crippen LogP contribution in [0, 0.1) is 6.92 Å². The van der Waals surface area contributed by atoms with Gasteiger partial charge < -0.3 is 16.0 Å². The number of nitrogens with one attached hydrogen (secondary N) is 3. The van der Waals surface area contributed by atoms with Crippen molar-refractivity contribution in [2.45, 2.75) is 20.3 Å². The summed E-state index contributed by atoms with van der Waals surface area (Å²) in [6.07, 6.45) is 2.57. The van der Waals surface area contributed by atoms with Gasteiger partial charge in [0.25, 0.3) is 0 Å². The minimum Gasteiger partial charge on any atom is -0.357 e. The average molecular weight is 418 g/mol. The maximum Gasteiger partial charge on any atom is 0.246 e. The first-order valence-electron chi connectivity index (χ1n) is 8.56. The minimum atomic E-state index is -0.159. The fourth-order valence-corrected chi connectivity index (χ4v) is 2.63. The molecule has 138 valence electrons. The van der Waals surface area contributed by atoms with Gasteiger partial charge in [-0.3, -0.25) is 9.78 Å². The topological polar surface area (TPSA) is 78.4 Å². The number of nitrogens with zero attached hydrogens (tertiary/aromatic N) is 2. The van der Waals surface area contributed by atoms with E-state index < -0.39 is 0 Å². The van der Waals surface area contributed by atoms with Crippen LogP contribution in [0.25, 0.3) is 0 Å². The Kier molecular flexibility index (Phi) is 8.08. The van der Waals surface area contributed by atoms with Gasteiger partial charge in [0.15, 0.2) is 5.96 Å². The van der Waals surface area contributed by atoms with Crippen molar-refractivity contribution in [3.63, 3.8) is 0 Å². The number of amides is 1. The van der Waals surface area contributed by atoms with Crippen molar-refractivity contribution in [1.29, 1.82) is 0 Å². The van der Waals surface area contributed by atoms with Crippen LogP contribution in [-0.4, -0.2) is 36.5 Å². The Balaban J connectivity index is 1.86. The molecule has 1 heterocycles. The van der Waals surface area contributed by atoms with Crippen molar-refractivity contribution in [3.8, 4) is 0 Å². The minimum absolute atomic E-state index is 0.0465. The number of benzene rings is 1. The third kappa shape index (κ3) is 6.84. The maximum atomic E-state index is 12.2. The van der Waals surface area contributed by atoms with E-state index >= 15 is 0 Å². The van der Waals surface area contributed by atoms with Crippen molar-refractivity contribution in [2.75, 3.05) is 25.0 Å². The standard InChI is InChI=1S/C19H24BrN5O/c1-3-21-19(23-11-9-16-6-4-5-10-22-16)24-13-18(26)25-17-12-15(20)8-7-14(17)2/h4-8,10,12H,3,9,11,13H2,1-2H3,(H,25,26)(H2,21,23,24). The molecule has 0 bridgehead atoms. The molecule has 1 aromatic heterocycles. The highest BCUT2D eigenvalue weighted by molar-refractivity contribution is 9.10. The summed E-state index contributed by atoms with van der Waals surface area (Å²) in [5, 5.41) is 9.25. The lowest BCUT2D eigenvalue weighted by Gasteiger charge is -2.12. The highest BCUT2D eigenvalue weighted by Gasteiger charge is 2.06. The number of aliphatic imine (C=N–C) groups is 1. The number of rotatable bonds is 7. The molecule has 7 heteroatoms. The molecule has 0 aliphatic carbocycles. The molecule has 0 unspecified atom stereocenters. The second-order valence-corrected chi connectivity index (χ2v) is 6.62. The van der Waals surface area contributed by atoms with Crippen LogP contribution in [0.15, 0.2) is 52.1 Å². The van der Waals surface area contributed by atoms with Gasteiger partial charge in [0.1, 0.15) is 6.54 Å². The lowest BCUT2D eigenvalue weighted by Crippen LogP contribution is -2.39. The van der Waals surface area contributed by atoms with E-state index in [0.29, 0.717) is 12.5 Å². The highest BCUT2D eigenvalue weighted by atomic mass is 79.9. The normalized spacial score (nSPS) is 11.1. The van der Waals surface area contributed by atoms with Gasteiger partial charge in [0, 0.05) is 41.6 Å². The maximum absolute atomic E-state index is 12.2. The van der Waals surface area contributed by atoms with Crippen molar-refractivity contribution in [2.24, 2.45) is 4.99 Å². The van der Waals surface area contributed by atoms with Gasteiger partial charge in [-0.2, -0.15) is 0 Å². The van der Waals surface area contributed by atoms with Crippen LogP contribution in [0.3, 0.4) is 0 Å². The largest absolute Gasteiger partial charge is 0.357 e. The Morgan fingerprint density at radius 2 is 2.08 bits per heavy atom. The molecular formula is C19H24BrN5O. The van der Waals surface area contributed by atoms with Crippen LogP contribution < -0.4 is 16.0 Å². The number of pyridine rings is 1. The van der Waals surface area contributed by atoms with Gasteiger partial charge in [-0.1, -0.05) is 28.1 Å². The molecule has 0 saturated carbocycles. The van der Waals surface area contributed by atoms with Gasteiger partial charge in [-0.05, 0) is 43.7 Å². The zero-order valence-electron chi connectivity index (χ0n) is 15.1. The lowest BCUT2D eigenvalue weighted by atomic mass is 10.2. The number of aromatic nitrogens is 1. The summed E-state index contributed by atoms with van der Waals surface area (Å²) in [5.41, 5.74) is 2.80. The second kappa shape index (κ2) is 10.6. The fourth-order valence-electron chi connectivity index (χ4n) is 2.27. The molecule has 0 atom stereocenters. The number of carbonyl (C=O) groups is 1. The van der Waals surface area contributed by atoms with Crippen LogP contribution in [-0.2, 0) is 11.2 Å². The van der Waals surface area contributed by atoms with E-state index in [9.17, 15) is 4.79 Å². The second-order valence-electron chi connectivity index (χ2n) is 5.70. The van der Waals surface area contributed by atoms with Crippen LogP contribution in [0.2, 0.25) is 0 Å². The predicted molar refractivity (Wildman–Crippen MR) is 109 cm³/mol. The zero-order chi connectivity index (χ0) is 18.8. The van der Waals surface area contributed by atoms with Crippen molar-refractivity contribution < 1.29 is 4.79 Å². The van der Waals surface area contributed by atoms with E-state index in [1.54, 1.807) is 6.20 Å². The Morgan fingerprint density at radius 1 is 1.23 bits per heavy atom. The summed E-state index contributed by atoms with van der Waals surface area (Å²) >= 11 is 3.41. The Hall–Kier alpha value is -2.41. The number of anilines is 1. The summed E-state index contributed by atoms with van der Waals surface area (Å²) in [7, 11) is 0. The molecule has 0 saturated heterocycles. The molecule has 0 aliphatic rings. The summed E-state index contributed by atoms with van der Waals surface area (Å²) in [6.45, 7) is 5.40. The molecule has 2 aromatic rings. The van der Waals surface area contributed by atoms with E-state index in [-0.39, 0.29) is 12.5 Å². The van der Waals surface area contributed by atoms with Gasteiger partial charge in [-0.25, -0.2) is 4.99 Å². The summed E-state index contributed by atoms with van der Waals surface area (Å²) in [4.78, 5) is 20.8. The van der Waals surface area contributed by atoms with E-state index in [1.807, 2.05) is 50.2 Å². The lowest BCUT2D eigenvalue weighted by molar-refractivity contribution is -0.114. The molecule has 6 nitrogen and oxygen atoms in total. The SMILES string of the molecule is CCNC(=NCC(=O)Nc1cc(Br)ccc1C)NCCc1ccccn1. The zero-order valence-corrected chi connectivity index (χ0v) is 16.6. The number of aryl methyl sites for hydroxylation is 1. The van der Waals surface area contributed by atoms with Crippen molar-refractivity contribution in [3.05, 3.63) is 58.3 Å². The number of halogens is 1. The Bertz CT molecular complexity index is 749. The average Bonchev–Trinajstić information content (AvgIpc) is 2.63. The first-order valence-corrected chi connectivity index (χ1v) is 9.36. The Labute approximate surface area is 162 Å². The molecule has 3 N–H and O–H groups in total. The summed E-state index contributed by atoms with van der Waals surface area (Å²) < 4.78 is 0.923. The number of hydrogen-bond acceptors (Lipinski definition) is 3. The van der Waals surface area contributed by atoms with Crippen molar-refractivity contribution >= 4 is 33.5 Å². The molecule has 0 fully saturated rings. The van der Waals surface area contributed by atoms with E-state index in [1.165, 1.54) is 0 Å². The smallest absolute Gasteiger partial charge is 0.246 e. The molecule has 0 spiro atoms. The van der Waals surface area contributed by atoms with Gasteiger partial charge in [0.2, 0.25) is 5.91 Å². The predicted octanol–water partition coefficient (Wildman–Crippen LogP) is 2.89. The molecular weight excluding hydrogens is 394 g/mol. The summed E-state index contributed by atoms with van der Waals surface area (Å²) in [6, 6.07) is 11.6. The quantitative estimate of drug-likeness (QED) is 0.477. The molecule has 2 rings (SSSR count). The number of guanidine groups is 1. The van der Waals surface area contributed by atoms with E-state index in [4.69, 9.17) is 0 Å². The number of hydrogen-bond donors (Lipinski definition) is 3. The van der Waals surface area contributed by atoms with Gasteiger partial charge >= 0.3 is 0 Å². The molecule has 26 heavy (non-hydrogen) atoms. The molecule has 0 aliphatic heterocycles. The first kappa shape index (κ1) is 19.9. The number of carbonyl (C=O) groups excluding carboxylic acids is 1. The molecule has 1 aromatic carbocycles. The van der Waals surface area contributed by atoms with Crippen LogP contribution in [0.4, 0.5) is 5.69 Å². The van der Waals surface area contributed by atoms with Crippen LogP contribution in [0.5, 0.6) is 0 Å². The van der Waals surface area contributed by atoms with E-state index in [0.717, 1.165) is 34.4 Å². The third-order valence-corrected chi connectivity index (χ3v) is 4.09. The Morgan fingerprint density at radius 3 is 2.81 bits per heavy atom. The molecule has 1 amide bonds. The summed E-state index contributed by atoms with van der Waals surface area (Å²) in [5.74, 6) is 0.456. The highest BCUT2D eigenvalue weighted by Crippen LogP contribution is 2.20. The first-order chi connectivity index (χ1) is 12.6. The monoisotopic (exact) mass is 417 g/mol. The van der Waals surface area contributed by atoms with Crippen LogP contribution in [0.1, 0.15) is 18.2 Å². The fraction of sp³-hybridized carbons (Fsp3) is 0.316. The van der Waals surface area contributed by atoms with Crippen molar-refractivity contribution in [1.82, 2.24) is 15.6 Å².